The average Bonchev–Trinajstić information content (AvgIpc) is 2.52. The second-order valence-electron chi connectivity index (χ2n) is 3.28. The molecule has 1 saturated heterocycles. The van der Waals surface area contributed by atoms with Crippen LogP contribution < -0.4 is 5.32 Å². The summed E-state index contributed by atoms with van der Waals surface area (Å²) in [4.78, 5) is 15.5. The van der Waals surface area contributed by atoms with Crippen LogP contribution in [0.1, 0.15) is 23.8 Å². The zero-order chi connectivity index (χ0) is 9.26. The van der Waals surface area contributed by atoms with Crippen LogP contribution >= 0.6 is 0 Å². The van der Waals surface area contributed by atoms with Crippen molar-refractivity contribution in [2.24, 2.45) is 0 Å². The van der Waals surface area contributed by atoms with Crippen molar-refractivity contribution in [3.05, 3.63) is 17.8 Å². The number of nitrogens with zero attached hydrogens (tertiary/aromatic N) is 1. The Morgan fingerprint density at radius 1 is 1.69 bits per heavy atom. The van der Waals surface area contributed by atoms with E-state index in [4.69, 9.17) is 4.42 Å². The molecule has 1 aromatic rings. The highest BCUT2D eigenvalue weighted by atomic mass is 16.3. The summed E-state index contributed by atoms with van der Waals surface area (Å²) in [6.45, 7) is 3.32. The molecule has 0 saturated carbocycles. The van der Waals surface area contributed by atoms with Crippen LogP contribution in [0.15, 0.2) is 10.8 Å². The third-order valence-electron chi connectivity index (χ3n) is 2.38. The highest BCUT2D eigenvalue weighted by molar-refractivity contribution is 5.86. The lowest BCUT2D eigenvalue weighted by atomic mass is 9.94. The predicted octanol–water partition coefficient (Wildman–Crippen LogP) is 0.629. The van der Waals surface area contributed by atoms with Gasteiger partial charge in [-0.1, -0.05) is 0 Å². The van der Waals surface area contributed by atoms with E-state index in [-0.39, 0.29) is 11.7 Å². The van der Waals surface area contributed by atoms with Crippen molar-refractivity contribution in [2.75, 3.05) is 13.1 Å². The van der Waals surface area contributed by atoms with Crippen molar-refractivity contribution < 1.29 is 9.21 Å². The van der Waals surface area contributed by atoms with Crippen molar-refractivity contribution in [1.82, 2.24) is 10.3 Å². The van der Waals surface area contributed by atoms with Crippen LogP contribution in [-0.2, 0) is 4.79 Å². The van der Waals surface area contributed by atoms with Crippen molar-refractivity contribution >= 4 is 5.78 Å². The van der Waals surface area contributed by atoms with E-state index < -0.39 is 0 Å². The first-order valence-corrected chi connectivity index (χ1v) is 4.42. The molecule has 70 valence electrons. The molecular formula is C9H12N2O2. The summed E-state index contributed by atoms with van der Waals surface area (Å²) in [5.41, 5.74) is 0.821. The number of carbonyl (C=O) groups excluding carboxylic acids is 1. The number of hydrogen-bond acceptors (Lipinski definition) is 4. The summed E-state index contributed by atoms with van der Waals surface area (Å²) >= 11 is 0. The maximum atomic E-state index is 11.5. The predicted molar refractivity (Wildman–Crippen MR) is 46.5 cm³/mol. The molecule has 1 aromatic heterocycles. The zero-order valence-corrected chi connectivity index (χ0v) is 7.54. The molecule has 2 rings (SSSR count). The van der Waals surface area contributed by atoms with E-state index in [1.54, 1.807) is 0 Å². The van der Waals surface area contributed by atoms with Crippen molar-refractivity contribution in [2.45, 2.75) is 19.3 Å². The van der Waals surface area contributed by atoms with E-state index in [9.17, 15) is 4.79 Å². The Balaban J connectivity index is 2.24. The molecule has 1 N–H and O–H groups in total. The van der Waals surface area contributed by atoms with E-state index in [0.29, 0.717) is 13.0 Å². The van der Waals surface area contributed by atoms with Gasteiger partial charge in [0.1, 0.15) is 11.5 Å². The molecule has 0 aromatic carbocycles. The van der Waals surface area contributed by atoms with Gasteiger partial charge in [-0.05, 0) is 6.92 Å². The van der Waals surface area contributed by atoms with E-state index in [1.165, 1.54) is 6.39 Å². The van der Waals surface area contributed by atoms with Crippen molar-refractivity contribution in [3.8, 4) is 0 Å². The lowest BCUT2D eigenvalue weighted by Crippen LogP contribution is -2.35. The van der Waals surface area contributed by atoms with Gasteiger partial charge in [0.2, 0.25) is 0 Å². The number of aryl methyl sites for hydroxylation is 1. The van der Waals surface area contributed by atoms with Gasteiger partial charge in [0.15, 0.2) is 6.39 Å². The fourth-order valence-electron chi connectivity index (χ4n) is 1.63. The molecule has 0 spiro atoms. The molecular weight excluding hydrogens is 168 g/mol. The molecule has 0 bridgehead atoms. The Morgan fingerprint density at radius 2 is 2.54 bits per heavy atom. The largest absolute Gasteiger partial charge is 0.447 e. The van der Waals surface area contributed by atoms with Gasteiger partial charge >= 0.3 is 0 Å². The second kappa shape index (κ2) is 3.30. The number of Topliss-reactive ketones (excluding diaryl/α,β-unsaturated/α-hetero) is 1. The molecule has 4 heteroatoms. The van der Waals surface area contributed by atoms with Crippen LogP contribution in [0.25, 0.3) is 0 Å². The number of piperidine rings is 1. The van der Waals surface area contributed by atoms with Crippen LogP contribution in [0.3, 0.4) is 0 Å². The maximum Gasteiger partial charge on any atom is 0.181 e. The minimum absolute atomic E-state index is 0.128. The summed E-state index contributed by atoms with van der Waals surface area (Å²) in [6, 6.07) is 0. The standard InChI is InChI=1S/C9H12N2O2/c1-6-9(13-5-11-6)7-4-10-3-2-8(7)12/h5,7,10H,2-4H2,1H3. The van der Waals surface area contributed by atoms with Crippen LogP contribution in [0.5, 0.6) is 0 Å². The molecule has 1 fully saturated rings. The average molecular weight is 180 g/mol. The molecule has 1 atom stereocenters. The van der Waals surface area contributed by atoms with Gasteiger partial charge in [-0.15, -0.1) is 0 Å². The van der Waals surface area contributed by atoms with Gasteiger partial charge in [-0.3, -0.25) is 4.79 Å². The summed E-state index contributed by atoms with van der Waals surface area (Å²) in [6.07, 6.45) is 1.98. The Hall–Kier alpha value is -1.16. The Kier molecular flexibility index (Phi) is 2.14. The second-order valence-corrected chi connectivity index (χ2v) is 3.28. The van der Waals surface area contributed by atoms with Gasteiger partial charge in [-0.2, -0.15) is 0 Å². The molecule has 0 amide bonds. The summed E-state index contributed by atoms with van der Waals surface area (Å²) < 4.78 is 5.20. The Morgan fingerprint density at radius 3 is 3.15 bits per heavy atom. The third kappa shape index (κ3) is 1.49. The first kappa shape index (κ1) is 8.44. The normalized spacial score (nSPS) is 23.5. The van der Waals surface area contributed by atoms with Crippen LogP contribution in [0.4, 0.5) is 0 Å². The van der Waals surface area contributed by atoms with E-state index >= 15 is 0 Å². The monoisotopic (exact) mass is 180 g/mol. The van der Waals surface area contributed by atoms with Crippen molar-refractivity contribution in [1.29, 1.82) is 0 Å². The molecule has 1 aliphatic rings. The minimum Gasteiger partial charge on any atom is -0.447 e. The van der Waals surface area contributed by atoms with Crippen LogP contribution in [0, 0.1) is 6.92 Å². The Bertz CT molecular complexity index is 319. The zero-order valence-electron chi connectivity index (χ0n) is 7.54. The molecule has 0 radical (unpaired) electrons. The SMILES string of the molecule is Cc1ncoc1C1CNCCC1=O. The number of hydrogen-bond donors (Lipinski definition) is 1. The number of ketones is 1. The van der Waals surface area contributed by atoms with Crippen molar-refractivity contribution in [3.63, 3.8) is 0 Å². The smallest absolute Gasteiger partial charge is 0.181 e. The highest BCUT2D eigenvalue weighted by Crippen LogP contribution is 2.22. The topological polar surface area (TPSA) is 55.1 Å². The van der Waals surface area contributed by atoms with Crippen LogP contribution in [0.2, 0.25) is 0 Å². The van der Waals surface area contributed by atoms with Gasteiger partial charge in [-0.25, -0.2) is 4.98 Å². The highest BCUT2D eigenvalue weighted by Gasteiger charge is 2.27. The van der Waals surface area contributed by atoms with E-state index in [2.05, 4.69) is 10.3 Å². The number of carbonyl (C=O) groups is 1. The fourth-order valence-corrected chi connectivity index (χ4v) is 1.63. The molecule has 1 unspecified atom stereocenters. The van der Waals surface area contributed by atoms with Gasteiger partial charge in [0.25, 0.3) is 0 Å². The molecule has 0 aliphatic carbocycles. The lowest BCUT2D eigenvalue weighted by molar-refractivity contribution is -0.121. The van der Waals surface area contributed by atoms with E-state index in [0.717, 1.165) is 18.0 Å². The first-order valence-electron chi connectivity index (χ1n) is 4.42. The fraction of sp³-hybridized carbons (Fsp3) is 0.556. The van der Waals surface area contributed by atoms with Gasteiger partial charge < -0.3 is 9.73 Å². The van der Waals surface area contributed by atoms with Crippen LogP contribution in [-0.4, -0.2) is 23.9 Å². The van der Waals surface area contributed by atoms with Gasteiger partial charge in [0.05, 0.1) is 11.6 Å². The minimum atomic E-state index is -0.128. The first-order chi connectivity index (χ1) is 6.29. The number of aromatic nitrogens is 1. The quantitative estimate of drug-likeness (QED) is 0.688. The van der Waals surface area contributed by atoms with Gasteiger partial charge in [0, 0.05) is 19.5 Å². The number of oxazole rings is 1. The van der Waals surface area contributed by atoms with E-state index in [1.807, 2.05) is 6.92 Å². The summed E-state index contributed by atoms with van der Waals surface area (Å²) in [7, 11) is 0. The lowest BCUT2D eigenvalue weighted by Gasteiger charge is -2.19. The molecule has 4 nitrogen and oxygen atoms in total. The summed E-state index contributed by atoms with van der Waals surface area (Å²) in [5, 5.41) is 3.17. The molecule has 2 heterocycles. The Labute approximate surface area is 76.3 Å². The summed E-state index contributed by atoms with van der Waals surface area (Å²) in [5.74, 6) is 0.840. The maximum absolute atomic E-state index is 11.5. The third-order valence-corrected chi connectivity index (χ3v) is 2.38. The number of nitrogens with one attached hydrogen (secondary N) is 1. The molecule has 1 aliphatic heterocycles. The number of rotatable bonds is 1. The molecule has 13 heavy (non-hydrogen) atoms.